The highest BCUT2D eigenvalue weighted by Crippen LogP contribution is 2.22. The molecule has 0 fully saturated rings. The van der Waals surface area contributed by atoms with Crippen LogP contribution in [0.2, 0.25) is 0 Å². The largest absolute Gasteiger partial charge is 0.316 e. The molecule has 1 N–H and O–H groups in total. The number of sulfonamides is 1. The van der Waals surface area contributed by atoms with Crippen LogP contribution < -0.4 is 9.62 Å². The van der Waals surface area contributed by atoms with Gasteiger partial charge in [-0.15, -0.1) is 0 Å². The normalized spacial score (nSPS) is 11.5. The molecule has 0 aromatic heterocycles. The zero-order valence-electron chi connectivity index (χ0n) is 11.3. The van der Waals surface area contributed by atoms with Gasteiger partial charge in [0.2, 0.25) is 10.0 Å². The van der Waals surface area contributed by atoms with Gasteiger partial charge in [-0.1, -0.05) is 25.1 Å². The summed E-state index contributed by atoms with van der Waals surface area (Å²) in [5.41, 5.74) is 1.75. The maximum Gasteiger partial charge on any atom is 0.236 e. The standard InChI is InChI=1S/C13H22N2O2S/c1-4-14-10-11-18(16,17)15(5-2)13-9-7-6-8-12(13)3/h6-9,14H,4-5,10-11H2,1-3H3. The first kappa shape index (κ1) is 15.0. The summed E-state index contributed by atoms with van der Waals surface area (Å²) in [6.07, 6.45) is 0. The highest BCUT2D eigenvalue weighted by atomic mass is 32.2. The summed E-state index contributed by atoms with van der Waals surface area (Å²) >= 11 is 0. The lowest BCUT2D eigenvalue weighted by molar-refractivity contribution is 0.587. The van der Waals surface area contributed by atoms with E-state index in [0.717, 1.165) is 17.8 Å². The Morgan fingerprint density at radius 1 is 1.22 bits per heavy atom. The number of hydrogen-bond acceptors (Lipinski definition) is 3. The van der Waals surface area contributed by atoms with E-state index in [1.165, 1.54) is 4.31 Å². The van der Waals surface area contributed by atoms with Crippen LogP contribution in [0.25, 0.3) is 0 Å². The third-order valence-electron chi connectivity index (χ3n) is 2.79. The Bertz CT molecular complexity index is 472. The van der Waals surface area contributed by atoms with Crippen molar-refractivity contribution < 1.29 is 8.42 Å². The van der Waals surface area contributed by atoms with Crippen molar-refractivity contribution in [3.05, 3.63) is 29.8 Å². The van der Waals surface area contributed by atoms with E-state index in [-0.39, 0.29) is 5.75 Å². The Hall–Kier alpha value is -1.07. The zero-order valence-corrected chi connectivity index (χ0v) is 12.1. The molecule has 18 heavy (non-hydrogen) atoms. The van der Waals surface area contributed by atoms with Crippen molar-refractivity contribution >= 4 is 15.7 Å². The fourth-order valence-electron chi connectivity index (χ4n) is 1.85. The summed E-state index contributed by atoms with van der Waals surface area (Å²) < 4.78 is 26.0. The van der Waals surface area contributed by atoms with E-state index >= 15 is 0 Å². The van der Waals surface area contributed by atoms with Gasteiger partial charge in [-0.25, -0.2) is 8.42 Å². The van der Waals surface area contributed by atoms with Crippen LogP contribution in [-0.2, 0) is 10.0 Å². The van der Waals surface area contributed by atoms with Crippen LogP contribution in [-0.4, -0.2) is 33.8 Å². The van der Waals surface area contributed by atoms with Gasteiger partial charge in [-0.05, 0) is 32.0 Å². The number of para-hydroxylation sites is 1. The van der Waals surface area contributed by atoms with Crippen molar-refractivity contribution in [2.75, 3.05) is 29.7 Å². The van der Waals surface area contributed by atoms with Crippen LogP contribution in [0, 0.1) is 6.92 Å². The van der Waals surface area contributed by atoms with Crippen molar-refractivity contribution in [2.24, 2.45) is 0 Å². The van der Waals surface area contributed by atoms with Crippen molar-refractivity contribution in [1.29, 1.82) is 0 Å². The fourth-order valence-corrected chi connectivity index (χ4v) is 3.37. The zero-order chi connectivity index (χ0) is 13.6. The summed E-state index contributed by atoms with van der Waals surface area (Å²) in [7, 11) is -3.25. The Labute approximate surface area is 110 Å². The summed E-state index contributed by atoms with van der Waals surface area (Å²) in [6.45, 7) is 7.48. The fraction of sp³-hybridized carbons (Fsp3) is 0.538. The molecule has 1 rings (SSSR count). The van der Waals surface area contributed by atoms with Crippen LogP contribution in [0.4, 0.5) is 5.69 Å². The molecule has 0 unspecified atom stereocenters. The molecular weight excluding hydrogens is 248 g/mol. The minimum Gasteiger partial charge on any atom is -0.316 e. The number of anilines is 1. The molecule has 0 aliphatic heterocycles. The third kappa shape index (κ3) is 3.71. The van der Waals surface area contributed by atoms with E-state index in [1.54, 1.807) is 0 Å². The lowest BCUT2D eigenvalue weighted by Gasteiger charge is -2.24. The lowest BCUT2D eigenvalue weighted by Crippen LogP contribution is -2.36. The van der Waals surface area contributed by atoms with E-state index in [4.69, 9.17) is 0 Å². The summed E-state index contributed by atoms with van der Waals surface area (Å²) in [6, 6.07) is 7.56. The first-order chi connectivity index (χ1) is 8.53. The van der Waals surface area contributed by atoms with E-state index in [9.17, 15) is 8.42 Å². The lowest BCUT2D eigenvalue weighted by atomic mass is 10.2. The minimum absolute atomic E-state index is 0.128. The first-order valence-corrected chi connectivity index (χ1v) is 7.90. The van der Waals surface area contributed by atoms with E-state index < -0.39 is 10.0 Å². The molecule has 0 saturated heterocycles. The van der Waals surface area contributed by atoms with E-state index in [1.807, 2.05) is 45.0 Å². The van der Waals surface area contributed by atoms with Gasteiger partial charge in [0.25, 0.3) is 0 Å². The molecular formula is C13H22N2O2S. The van der Waals surface area contributed by atoms with Gasteiger partial charge in [0, 0.05) is 13.1 Å². The molecule has 1 aromatic carbocycles. The molecule has 0 atom stereocenters. The van der Waals surface area contributed by atoms with Crippen LogP contribution in [0.1, 0.15) is 19.4 Å². The van der Waals surface area contributed by atoms with E-state index in [2.05, 4.69) is 5.32 Å². The Balaban J connectivity index is 2.93. The monoisotopic (exact) mass is 270 g/mol. The maximum atomic E-state index is 12.3. The van der Waals surface area contributed by atoms with Gasteiger partial charge in [0.05, 0.1) is 11.4 Å². The first-order valence-electron chi connectivity index (χ1n) is 6.29. The van der Waals surface area contributed by atoms with Gasteiger partial charge in [-0.3, -0.25) is 4.31 Å². The molecule has 0 heterocycles. The Kier molecular flexibility index (Phi) is 5.62. The highest BCUT2D eigenvalue weighted by molar-refractivity contribution is 7.92. The molecule has 0 saturated carbocycles. The molecule has 1 aromatic rings. The summed E-state index contributed by atoms with van der Waals surface area (Å²) in [4.78, 5) is 0. The second-order valence-corrected chi connectivity index (χ2v) is 6.13. The van der Waals surface area contributed by atoms with Gasteiger partial charge < -0.3 is 5.32 Å². The molecule has 0 aliphatic rings. The molecule has 0 bridgehead atoms. The quantitative estimate of drug-likeness (QED) is 0.768. The molecule has 0 aliphatic carbocycles. The third-order valence-corrected chi connectivity index (χ3v) is 4.64. The molecule has 0 spiro atoms. The van der Waals surface area contributed by atoms with Crippen molar-refractivity contribution in [1.82, 2.24) is 5.32 Å². The molecule has 0 amide bonds. The summed E-state index contributed by atoms with van der Waals surface area (Å²) in [5.74, 6) is 0.128. The van der Waals surface area contributed by atoms with Gasteiger partial charge in [0.15, 0.2) is 0 Å². The minimum atomic E-state index is -3.25. The molecule has 102 valence electrons. The maximum absolute atomic E-state index is 12.3. The average molecular weight is 270 g/mol. The predicted octanol–water partition coefficient (Wildman–Crippen LogP) is 1.76. The second-order valence-electron chi connectivity index (χ2n) is 4.12. The van der Waals surface area contributed by atoms with Crippen LogP contribution in [0.15, 0.2) is 24.3 Å². The van der Waals surface area contributed by atoms with Crippen molar-refractivity contribution in [3.8, 4) is 0 Å². The molecule has 4 nitrogen and oxygen atoms in total. The van der Waals surface area contributed by atoms with Gasteiger partial charge in [0.1, 0.15) is 0 Å². The van der Waals surface area contributed by atoms with Crippen LogP contribution in [0.5, 0.6) is 0 Å². The summed E-state index contributed by atoms with van der Waals surface area (Å²) in [5, 5.41) is 3.04. The number of nitrogens with zero attached hydrogens (tertiary/aromatic N) is 1. The topological polar surface area (TPSA) is 49.4 Å². The Morgan fingerprint density at radius 3 is 2.44 bits per heavy atom. The molecule has 0 radical (unpaired) electrons. The number of benzene rings is 1. The Morgan fingerprint density at radius 2 is 1.89 bits per heavy atom. The smallest absolute Gasteiger partial charge is 0.236 e. The highest BCUT2D eigenvalue weighted by Gasteiger charge is 2.21. The second kappa shape index (κ2) is 6.75. The van der Waals surface area contributed by atoms with Crippen LogP contribution >= 0.6 is 0 Å². The van der Waals surface area contributed by atoms with E-state index in [0.29, 0.717) is 13.1 Å². The van der Waals surface area contributed by atoms with Gasteiger partial charge in [-0.2, -0.15) is 0 Å². The predicted molar refractivity (Wildman–Crippen MR) is 76.5 cm³/mol. The number of rotatable bonds is 7. The SMILES string of the molecule is CCNCCS(=O)(=O)N(CC)c1ccccc1C. The number of nitrogens with one attached hydrogen (secondary N) is 1. The van der Waals surface area contributed by atoms with Gasteiger partial charge >= 0.3 is 0 Å². The average Bonchev–Trinajstić information content (AvgIpc) is 2.32. The molecule has 5 heteroatoms. The van der Waals surface area contributed by atoms with Crippen LogP contribution in [0.3, 0.4) is 0 Å². The van der Waals surface area contributed by atoms with Crippen molar-refractivity contribution in [2.45, 2.75) is 20.8 Å². The number of aryl methyl sites for hydroxylation is 1. The van der Waals surface area contributed by atoms with Crippen molar-refractivity contribution in [3.63, 3.8) is 0 Å². The number of hydrogen-bond donors (Lipinski definition) is 1.